The first kappa shape index (κ1) is 48.2. The molecule has 0 saturated heterocycles. The molecule has 0 heterocycles. The third-order valence-corrected chi connectivity index (χ3v) is 7.54. The van der Waals surface area contributed by atoms with E-state index in [0.717, 1.165) is 18.2 Å². The molecular formula is C35H57NO8S. The average molecular weight is 652 g/mol. The van der Waals surface area contributed by atoms with Crippen LogP contribution in [0.5, 0.6) is 0 Å². The predicted molar refractivity (Wildman–Crippen MR) is 187 cm³/mol. The highest BCUT2D eigenvalue weighted by atomic mass is 32.2. The summed E-state index contributed by atoms with van der Waals surface area (Å²) < 4.78 is 39.1. The number of benzene rings is 3. The molecule has 0 aliphatic carbocycles. The van der Waals surface area contributed by atoms with Crippen LogP contribution in [0, 0.1) is 0 Å². The summed E-state index contributed by atoms with van der Waals surface area (Å²) in [5.41, 5.74) is 0.0535. The van der Waals surface area contributed by atoms with Crippen LogP contribution in [0.4, 0.5) is 5.69 Å². The lowest BCUT2D eigenvalue weighted by molar-refractivity contribution is -0.151. The zero-order valence-electron chi connectivity index (χ0n) is 23.2. The number of hydrogen-bond donors (Lipinski definition) is 1. The number of ether oxygens (including phenoxy) is 2. The Kier molecular flexibility index (Phi) is 24.4. The molecule has 1 N–H and O–H groups in total. The zero-order valence-corrected chi connectivity index (χ0v) is 24.1. The number of para-hydroxylation sites is 1. The number of hydrogen-bond acceptors (Lipinski definition) is 8. The molecule has 9 nitrogen and oxygen atoms in total. The fourth-order valence-electron chi connectivity index (χ4n) is 3.88. The van der Waals surface area contributed by atoms with Crippen molar-refractivity contribution in [3.05, 3.63) is 96.1 Å². The molecule has 10 heteroatoms. The van der Waals surface area contributed by atoms with Crippen molar-refractivity contribution in [3.8, 4) is 0 Å². The van der Waals surface area contributed by atoms with Gasteiger partial charge in [0, 0.05) is 28.5 Å². The van der Waals surface area contributed by atoms with Gasteiger partial charge < -0.3 is 14.8 Å². The smallest absolute Gasteiger partial charge is 0.298 e. The van der Waals surface area contributed by atoms with Crippen molar-refractivity contribution in [2.75, 3.05) is 26.6 Å². The first-order valence-corrected chi connectivity index (χ1v) is 13.8. The monoisotopic (exact) mass is 651 g/mol. The van der Waals surface area contributed by atoms with Crippen LogP contribution < -0.4 is 5.32 Å². The van der Waals surface area contributed by atoms with Gasteiger partial charge in [0.1, 0.15) is 11.0 Å². The van der Waals surface area contributed by atoms with Crippen molar-refractivity contribution < 1.29 is 37.9 Å². The molecule has 0 aliphatic heterocycles. The predicted octanol–water partition coefficient (Wildman–Crippen LogP) is 7.44. The van der Waals surface area contributed by atoms with Gasteiger partial charge in [0.15, 0.2) is 11.6 Å². The lowest BCUT2D eigenvalue weighted by Gasteiger charge is -2.29. The van der Waals surface area contributed by atoms with E-state index in [4.69, 9.17) is 9.47 Å². The fraction of sp³-hybridized carbons (Fsp3) is 0.400. The molecule has 3 aromatic carbocycles. The minimum atomic E-state index is -4.05. The Morgan fingerprint density at radius 2 is 1.22 bits per heavy atom. The zero-order chi connectivity index (χ0) is 29.8. The van der Waals surface area contributed by atoms with Gasteiger partial charge in [-0.1, -0.05) is 110 Å². The Morgan fingerprint density at radius 3 is 1.64 bits per heavy atom. The van der Waals surface area contributed by atoms with E-state index in [1.165, 1.54) is 32.2 Å². The maximum Gasteiger partial charge on any atom is 0.298 e. The van der Waals surface area contributed by atoms with E-state index in [2.05, 4.69) is 9.50 Å². The minimum Gasteiger partial charge on any atom is -0.373 e. The van der Waals surface area contributed by atoms with E-state index in [0.29, 0.717) is 6.42 Å². The molecule has 3 aromatic rings. The fourth-order valence-corrected chi connectivity index (χ4v) is 4.69. The van der Waals surface area contributed by atoms with Crippen molar-refractivity contribution in [3.63, 3.8) is 0 Å². The second kappa shape index (κ2) is 22.8. The van der Waals surface area contributed by atoms with Crippen LogP contribution in [0.25, 0.3) is 0 Å². The normalized spacial score (nSPS) is 11.8. The first-order valence-electron chi connectivity index (χ1n) is 12.4. The van der Waals surface area contributed by atoms with Crippen molar-refractivity contribution in [2.45, 2.75) is 80.4 Å². The Balaban J connectivity index is -0.000000255. The number of rotatable bonds is 12. The van der Waals surface area contributed by atoms with Gasteiger partial charge in [0.25, 0.3) is 16.0 Å². The third kappa shape index (κ3) is 13.4. The molecule has 2 atom stereocenters. The molecule has 0 spiro atoms. The average Bonchev–Trinajstić information content (AvgIpc) is 2.96. The van der Waals surface area contributed by atoms with Gasteiger partial charge in [-0.15, -0.1) is 0 Å². The van der Waals surface area contributed by atoms with Crippen molar-refractivity contribution in [1.29, 1.82) is 0 Å². The highest BCUT2D eigenvalue weighted by Crippen LogP contribution is 2.26. The van der Waals surface area contributed by atoms with E-state index in [-0.39, 0.29) is 67.5 Å². The summed E-state index contributed by atoms with van der Waals surface area (Å²) in [5.74, 6) is -1.19. The summed E-state index contributed by atoms with van der Waals surface area (Å²) in [7, 11) is -0.190. The van der Waals surface area contributed by atoms with E-state index in [1.807, 2.05) is 36.4 Å². The maximum absolute atomic E-state index is 13.0. The van der Waals surface area contributed by atoms with Gasteiger partial charge in [-0.25, -0.2) is 0 Å². The number of nitrogens with one attached hydrogen (secondary N) is 1. The number of ketones is 2. The summed E-state index contributed by atoms with van der Waals surface area (Å²) in [6, 6.07) is 24.6. The van der Waals surface area contributed by atoms with Crippen molar-refractivity contribution >= 4 is 33.3 Å². The lowest BCUT2D eigenvalue weighted by atomic mass is 9.89. The second-order valence-corrected chi connectivity index (χ2v) is 10.5. The van der Waals surface area contributed by atoms with Gasteiger partial charge in [0.2, 0.25) is 5.60 Å². The summed E-state index contributed by atoms with van der Waals surface area (Å²) in [6.07, 6.45) is 0.361. The maximum atomic E-state index is 13.0. The van der Waals surface area contributed by atoms with Crippen LogP contribution >= 0.6 is 0 Å². The quantitative estimate of drug-likeness (QED) is 0.158. The molecule has 256 valence electrons. The van der Waals surface area contributed by atoms with Crippen LogP contribution in [0.2, 0.25) is 0 Å². The molecule has 0 fully saturated rings. The van der Waals surface area contributed by atoms with Gasteiger partial charge in [-0.3, -0.25) is 18.6 Å². The topological polar surface area (TPSA) is 125 Å². The van der Waals surface area contributed by atoms with Crippen molar-refractivity contribution in [1.82, 2.24) is 0 Å². The number of Topliss-reactive ketones (excluding diaryl/α,β-unsaturated/α-hetero) is 2. The Bertz CT molecular complexity index is 1390. The number of amides is 1. The molecule has 0 aromatic heterocycles. The van der Waals surface area contributed by atoms with Crippen LogP contribution in [0.1, 0.15) is 63.5 Å². The molecule has 0 bridgehead atoms. The molecule has 45 heavy (non-hydrogen) atoms. The van der Waals surface area contributed by atoms with Gasteiger partial charge in [-0.2, -0.15) is 8.42 Å². The van der Waals surface area contributed by atoms with Gasteiger partial charge in [0.05, 0.1) is 12.8 Å². The summed E-state index contributed by atoms with van der Waals surface area (Å²) >= 11 is 0. The molecule has 0 saturated carbocycles. The van der Waals surface area contributed by atoms with Crippen LogP contribution in [-0.2, 0) is 51.0 Å². The summed E-state index contributed by atoms with van der Waals surface area (Å²) in [6.45, 7) is 2.81. The van der Waals surface area contributed by atoms with Crippen LogP contribution in [0.3, 0.4) is 0 Å². The van der Waals surface area contributed by atoms with Crippen molar-refractivity contribution in [2.24, 2.45) is 0 Å². The van der Waals surface area contributed by atoms with E-state index in [1.54, 1.807) is 44.4 Å². The summed E-state index contributed by atoms with van der Waals surface area (Å²) in [5, 5.41) is 2.50. The summed E-state index contributed by atoms with van der Waals surface area (Å²) in [4.78, 5) is 36.2. The standard InChI is InChI=1S/C19H21NO6S.C11H14O2.5CH4.H2/c1-14(21)19(25-2,13-15-9-5-4-6-10-15)18(22)20-16-11-7-8-12-17(16)27(23,24)26-3;1-9(12)11(13-2)8-10-6-4-3-5-7-10;;;;;;/h4-12H,13H2,1-3H3,(H,20,22);3-7,11H,8H2,1-2H3;5*1H4;1H. The van der Waals surface area contributed by atoms with Crippen LogP contribution in [-0.4, -0.2) is 58.9 Å². The molecule has 0 aliphatic rings. The Labute approximate surface area is 273 Å². The molecule has 1 amide bonds. The Morgan fingerprint density at radius 1 is 0.756 bits per heavy atom. The SMILES string of the molecule is C.C.C.C.C.COC(Cc1ccccc1)(C(C)=O)C(=O)Nc1ccccc1S(=O)(=O)OC.COC(Cc1ccccc1)C(C)=O.[HH]. The molecule has 0 radical (unpaired) electrons. The lowest BCUT2D eigenvalue weighted by Crippen LogP contribution is -2.52. The minimum absolute atomic E-state index is 0. The van der Waals surface area contributed by atoms with Gasteiger partial charge >= 0.3 is 0 Å². The third-order valence-electron chi connectivity index (χ3n) is 6.21. The second-order valence-electron chi connectivity index (χ2n) is 8.85. The number of methoxy groups -OCH3 is 2. The highest BCUT2D eigenvalue weighted by molar-refractivity contribution is 7.87. The van der Waals surface area contributed by atoms with E-state index < -0.39 is 27.4 Å². The molecular weight excluding hydrogens is 594 g/mol. The molecule has 3 rings (SSSR count). The van der Waals surface area contributed by atoms with Gasteiger partial charge in [-0.05, 0) is 37.1 Å². The molecule has 2 unspecified atom stereocenters. The van der Waals surface area contributed by atoms with E-state index in [9.17, 15) is 22.8 Å². The highest BCUT2D eigenvalue weighted by Gasteiger charge is 2.44. The largest absolute Gasteiger partial charge is 0.373 e. The van der Waals surface area contributed by atoms with Crippen LogP contribution in [0.15, 0.2) is 89.8 Å². The van der Waals surface area contributed by atoms with E-state index >= 15 is 0 Å². The Hall–Kier alpha value is -3.70. The number of carbonyl (C=O) groups is 3. The first-order chi connectivity index (χ1) is 19.0. The number of carbonyl (C=O) groups excluding carboxylic acids is 3. The number of anilines is 1.